The van der Waals surface area contributed by atoms with Crippen LogP contribution in [0.2, 0.25) is 0 Å². The number of hydrogen-bond donors (Lipinski definition) is 3. The van der Waals surface area contributed by atoms with Crippen molar-refractivity contribution >= 4 is 34.6 Å². The number of nitrogens with one attached hydrogen (secondary N) is 3. The van der Waals surface area contributed by atoms with Crippen molar-refractivity contribution < 1.29 is 32.1 Å². The molecule has 4 rings (SSSR count). The third-order valence-corrected chi connectivity index (χ3v) is 5.01. The van der Waals surface area contributed by atoms with Gasteiger partial charge in [0.2, 0.25) is 0 Å². The third kappa shape index (κ3) is 5.17. The number of carbonyl (C=O) groups excluding carboxylic acids is 2. The van der Waals surface area contributed by atoms with Crippen molar-refractivity contribution in [1.82, 2.24) is 0 Å². The van der Waals surface area contributed by atoms with Crippen LogP contribution in [0.5, 0.6) is 0 Å². The fourth-order valence-electron chi connectivity index (χ4n) is 3.15. The van der Waals surface area contributed by atoms with Gasteiger partial charge in [-0.2, -0.15) is 13.2 Å². The van der Waals surface area contributed by atoms with E-state index in [1.165, 1.54) is 30.5 Å². The zero-order valence-electron chi connectivity index (χ0n) is 17.3. The molecule has 1 fully saturated rings. The van der Waals surface area contributed by atoms with Gasteiger partial charge in [0.1, 0.15) is 12.0 Å². The predicted octanol–water partition coefficient (Wildman–Crippen LogP) is 5.29. The summed E-state index contributed by atoms with van der Waals surface area (Å²) in [4.78, 5) is 35.4. The van der Waals surface area contributed by atoms with Gasteiger partial charge in [-0.15, -0.1) is 0 Å². The fourth-order valence-corrected chi connectivity index (χ4v) is 3.15. The number of furan rings is 1. The van der Waals surface area contributed by atoms with Crippen LogP contribution in [0.25, 0.3) is 0 Å². The van der Waals surface area contributed by atoms with Crippen LogP contribution >= 0.6 is 0 Å². The Hall–Kier alpha value is -4.35. The van der Waals surface area contributed by atoms with E-state index in [1.54, 1.807) is 0 Å². The summed E-state index contributed by atoms with van der Waals surface area (Å²) in [6, 6.07) is 7.98. The lowest BCUT2D eigenvalue weighted by molar-refractivity contribution is -0.384. The second-order valence-corrected chi connectivity index (χ2v) is 7.59. The zero-order valence-corrected chi connectivity index (χ0v) is 17.3. The number of amides is 2. The van der Waals surface area contributed by atoms with Crippen molar-refractivity contribution in [2.24, 2.45) is 0 Å². The predicted molar refractivity (Wildman–Crippen MR) is 116 cm³/mol. The van der Waals surface area contributed by atoms with Gasteiger partial charge in [-0.05, 0) is 49.2 Å². The Bertz CT molecular complexity index is 1250. The van der Waals surface area contributed by atoms with E-state index < -0.39 is 34.2 Å². The second-order valence-electron chi connectivity index (χ2n) is 7.59. The molecule has 34 heavy (non-hydrogen) atoms. The van der Waals surface area contributed by atoms with Gasteiger partial charge >= 0.3 is 6.18 Å². The SMILES string of the molecule is O=C(Nc1ccc(NC(=O)c2ccc(NC3CC3)c([N+](=O)[O-])c2)c(C(F)(F)F)c1)c1ccoc1. The first kappa shape index (κ1) is 22.8. The monoisotopic (exact) mass is 474 g/mol. The Labute approximate surface area is 190 Å². The first-order valence-electron chi connectivity index (χ1n) is 10.0. The maximum absolute atomic E-state index is 13.7. The summed E-state index contributed by atoms with van der Waals surface area (Å²) in [5.41, 5.74) is -2.10. The molecule has 1 aliphatic rings. The van der Waals surface area contributed by atoms with E-state index in [4.69, 9.17) is 4.42 Å². The minimum atomic E-state index is -4.86. The number of nitrogens with zero attached hydrogens (tertiary/aromatic N) is 1. The van der Waals surface area contributed by atoms with Crippen molar-refractivity contribution in [3.63, 3.8) is 0 Å². The largest absolute Gasteiger partial charge is 0.472 e. The van der Waals surface area contributed by atoms with Crippen LogP contribution in [0.3, 0.4) is 0 Å². The number of carbonyl (C=O) groups is 2. The van der Waals surface area contributed by atoms with E-state index in [1.807, 2.05) is 0 Å². The van der Waals surface area contributed by atoms with Crippen LogP contribution in [0.4, 0.5) is 35.9 Å². The van der Waals surface area contributed by atoms with E-state index in [0.29, 0.717) is 6.07 Å². The smallest absolute Gasteiger partial charge is 0.418 e. The van der Waals surface area contributed by atoms with Crippen molar-refractivity contribution in [3.05, 3.63) is 81.8 Å². The van der Waals surface area contributed by atoms with Gasteiger partial charge in [0.15, 0.2) is 0 Å². The molecule has 0 aliphatic heterocycles. The van der Waals surface area contributed by atoms with Crippen LogP contribution < -0.4 is 16.0 Å². The topological polar surface area (TPSA) is 127 Å². The Kier molecular flexibility index (Phi) is 5.97. The number of alkyl halides is 3. The average molecular weight is 474 g/mol. The summed E-state index contributed by atoms with van der Waals surface area (Å²) in [6.07, 6.45) is -0.730. The molecule has 176 valence electrons. The standard InChI is InChI=1S/C22H17F3N4O5/c23-22(24,25)16-10-15(27-21(31)13-7-8-34-11-13)4-6-17(16)28-20(30)12-1-5-18(26-14-2-3-14)19(9-12)29(32)33/h1,4-11,14,26H,2-3H2,(H,27,31)(H,28,30). The minimum absolute atomic E-state index is 0.118. The van der Waals surface area contributed by atoms with Gasteiger partial charge in [-0.25, -0.2) is 0 Å². The normalized spacial score (nSPS) is 13.3. The lowest BCUT2D eigenvalue weighted by atomic mass is 10.1. The molecule has 1 saturated carbocycles. The number of anilines is 3. The Morgan fingerprint density at radius 3 is 2.29 bits per heavy atom. The Morgan fingerprint density at radius 1 is 0.971 bits per heavy atom. The maximum atomic E-state index is 13.7. The molecule has 9 nitrogen and oxygen atoms in total. The molecule has 0 atom stereocenters. The molecule has 0 unspecified atom stereocenters. The third-order valence-electron chi connectivity index (χ3n) is 5.01. The maximum Gasteiger partial charge on any atom is 0.418 e. The van der Waals surface area contributed by atoms with Crippen LogP contribution in [0, 0.1) is 10.1 Å². The summed E-state index contributed by atoms with van der Waals surface area (Å²) in [7, 11) is 0. The second kappa shape index (κ2) is 8.89. The molecule has 3 aromatic rings. The van der Waals surface area contributed by atoms with Gasteiger partial charge in [0, 0.05) is 23.4 Å². The molecule has 1 aromatic heterocycles. The van der Waals surface area contributed by atoms with Gasteiger partial charge in [0.25, 0.3) is 17.5 Å². The molecule has 0 radical (unpaired) electrons. The van der Waals surface area contributed by atoms with Crippen molar-refractivity contribution in [3.8, 4) is 0 Å². The lowest BCUT2D eigenvalue weighted by Gasteiger charge is -2.16. The molecular weight excluding hydrogens is 457 g/mol. The van der Waals surface area contributed by atoms with Gasteiger partial charge < -0.3 is 20.4 Å². The molecule has 2 amide bonds. The number of nitro benzene ring substituents is 1. The zero-order chi connectivity index (χ0) is 24.5. The molecule has 1 heterocycles. The molecular formula is C22H17F3N4O5. The summed E-state index contributed by atoms with van der Waals surface area (Å²) < 4.78 is 45.8. The lowest BCUT2D eigenvalue weighted by Crippen LogP contribution is -2.18. The fraction of sp³-hybridized carbons (Fsp3) is 0.182. The Balaban J connectivity index is 1.57. The van der Waals surface area contributed by atoms with Crippen molar-refractivity contribution in [2.45, 2.75) is 25.1 Å². The van der Waals surface area contributed by atoms with Crippen molar-refractivity contribution in [1.29, 1.82) is 0 Å². The minimum Gasteiger partial charge on any atom is -0.472 e. The van der Waals surface area contributed by atoms with Crippen LogP contribution in [-0.2, 0) is 6.18 Å². The summed E-state index contributed by atoms with van der Waals surface area (Å²) in [6.45, 7) is 0. The van der Waals surface area contributed by atoms with E-state index in [-0.39, 0.29) is 34.2 Å². The first-order chi connectivity index (χ1) is 16.1. The highest BCUT2D eigenvalue weighted by Crippen LogP contribution is 2.37. The first-order valence-corrected chi connectivity index (χ1v) is 10.0. The van der Waals surface area contributed by atoms with Crippen LogP contribution in [-0.4, -0.2) is 22.8 Å². The van der Waals surface area contributed by atoms with Crippen molar-refractivity contribution in [2.75, 3.05) is 16.0 Å². The number of benzene rings is 2. The average Bonchev–Trinajstić information content (AvgIpc) is 3.42. The van der Waals surface area contributed by atoms with Gasteiger partial charge in [0.05, 0.1) is 28.0 Å². The van der Waals surface area contributed by atoms with E-state index in [2.05, 4.69) is 16.0 Å². The number of hydrogen-bond acceptors (Lipinski definition) is 6. The molecule has 2 aromatic carbocycles. The summed E-state index contributed by atoms with van der Waals surface area (Å²) in [5, 5.41) is 18.9. The molecule has 3 N–H and O–H groups in total. The molecule has 0 spiro atoms. The summed E-state index contributed by atoms with van der Waals surface area (Å²) >= 11 is 0. The van der Waals surface area contributed by atoms with E-state index in [0.717, 1.165) is 31.2 Å². The molecule has 12 heteroatoms. The number of rotatable bonds is 7. The molecule has 1 aliphatic carbocycles. The quantitative estimate of drug-likeness (QED) is 0.316. The summed E-state index contributed by atoms with van der Waals surface area (Å²) in [5.74, 6) is -1.63. The van der Waals surface area contributed by atoms with Gasteiger partial charge in [-0.1, -0.05) is 0 Å². The highest BCUT2D eigenvalue weighted by atomic mass is 19.4. The van der Waals surface area contributed by atoms with Crippen LogP contribution in [0.1, 0.15) is 39.1 Å². The van der Waals surface area contributed by atoms with Gasteiger partial charge in [-0.3, -0.25) is 19.7 Å². The van der Waals surface area contributed by atoms with Crippen LogP contribution in [0.15, 0.2) is 59.4 Å². The number of nitro groups is 1. The highest BCUT2D eigenvalue weighted by Gasteiger charge is 2.35. The molecule has 0 saturated heterocycles. The number of halogens is 3. The molecule has 0 bridgehead atoms. The highest BCUT2D eigenvalue weighted by molar-refractivity contribution is 6.06. The Morgan fingerprint density at radius 2 is 1.68 bits per heavy atom. The van der Waals surface area contributed by atoms with E-state index >= 15 is 0 Å². The van der Waals surface area contributed by atoms with E-state index in [9.17, 15) is 32.9 Å².